The number of carbonyl (C=O) groups excluding carboxylic acids is 1. The first kappa shape index (κ1) is 24.4. The van der Waals surface area contributed by atoms with Crippen molar-refractivity contribution in [2.45, 2.75) is 10.9 Å². The normalized spacial score (nSPS) is 15.1. The summed E-state index contributed by atoms with van der Waals surface area (Å²) in [6, 6.07) is 30.7. The van der Waals surface area contributed by atoms with Crippen molar-refractivity contribution >= 4 is 33.0 Å². The van der Waals surface area contributed by atoms with E-state index in [-0.39, 0.29) is 16.8 Å². The minimum absolute atomic E-state index is 0.0727. The highest BCUT2D eigenvalue weighted by atomic mass is 32.2. The van der Waals surface area contributed by atoms with Gasteiger partial charge in [0.15, 0.2) is 0 Å². The maximum absolute atomic E-state index is 13.3. The lowest BCUT2D eigenvalue weighted by atomic mass is 9.96. The lowest BCUT2D eigenvalue weighted by Crippen LogP contribution is -2.49. The molecule has 0 saturated carbocycles. The van der Waals surface area contributed by atoms with Crippen LogP contribution in [0.3, 0.4) is 0 Å². The van der Waals surface area contributed by atoms with Gasteiger partial charge in [0.2, 0.25) is 10.0 Å². The Hall–Kier alpha value is -3.30. The summed E-state index contributed by atoms with van der Waals surface area (Å²) < 4.78 is 28.2. The van der Waals surface area contributed by atoms with Crippen molar-refractivity contribution in [3.63, 3.8) is 0 Å². The van der Waals surface area contributed by atoms with Gasteiger partial charge in [-0.1, -0.05) is 66.7 Å². The molecule has 0 spiro atoms. The Labute approximate surface area is 215 Å². The quantitative estimate of drug-likeness (QED) is 0.371. The van der Waals surface area contributed by atoms with Gasteiger partial charge in [0.05, 0.1) is 15.8 Å². The molecule has 0 unspecified atom stereocenters. The molecule has 0 aliphatic carbocycles. The lowest BCUT2D eigenvalue weighted by Gasteiger charge is -2.39. The third-order valence-electron chi connectivity index (χ3n) is 6.36. The van der Waals surface area contributed by atoms with E-state index < -0.39 is 10.0 Å². The van der Waals surface area contributed by atoms with Crippen molar-refractivity contribution in [1.82, 2.24) is 9.21 Å². The van der Waals surface area contributed by atoms with E-state index in [1.165, 1.54) is 22.5 Å². The van der Waals surface area contributed by atoms with Gasteiger partial charge in [0.25, 0.3) is 5.91 Å². The summed E-state index contributed by atoms with van der Waals surface area (Å²) >= 11 is 1.36. The second kappa shape index (κ2) is 10.8. The molecule has 4 aromatic rings. The van der Waals surface area contributed by atoms with Crippen LogP contribution in [0.4, 0.5) is 5.69 Å². The molecule has 1 saturated heterocycles. The molecule has 1 aliphatic rings. The number of hydrogen-bond acceptors (Lipinski definition) is 5. The van der Waals surface area contributed by atoms with Gasteiger partial charge in [-0.25, -0.2) is 8.42 Å². The van der Waals surface area contributed by atoms with Gasteiger partial charge < -0.3 is 5.32 Å². The molecular formula is C28H27N3O3S2. The van der Waals surface area contributed by atoms with Crippen molar-refractivity contribution in [1.29, 1.82) is 0 Å². The number of nitrogens with one attached hydrogen (secondary N) is 1. The molecule has 1 aromatic heterocycles. The number of anilines is 1. The van der Waals surface area contributed by atoms with Crippen LogP contribution in [-0.2, 0) is 10.0 Å². The number of carbonyl (C=O) groups is 1. The SMILES string of the molecule is O=C(Nc1ccc(S(=O)(=O)N2CCN(C(c3ccccc3)c3ccccc3)CC2)cc1)c1cccs1. The number of benzene rings is 3. The minimum Gasteiger partial charge on any atom is -0.321 e. The monoisotopic (exact) mass is 517 g/mol. The van der Waals surface area contributed by atoms with Crippen LogP contribution < -0.4 is 5.32 Å². The van der Waals surface area contributed by atoms with Gasteiger partial charge in [0.1, 0.15) is 0 Å². The summed E-state index contributed by atoms with van der Waals surface area (Å²) in [5.41, 5.74) is 2.95. The van der Waals surface area contributed by atoms with Crippen molar-refractivity contribution in [2.24, 2.45) is 0 Å². The molecule has 184 valence electrons. The average Bonchev–Trinajstić information content (AvgIpc) is 3.46. The Morgan fingerprint density at radius 1 is 0.750 bits per heavy atom. The minimum atomic E-state index is -3.63. The van der Waals surface area contributed by atoms with Crippen molar-refractivity contribution in [2.75, 3.05) is 31.5 Å². The summed E-state index contributed by atoms with van der Waals surface area (Å²) in [5.74, 6) is -0.205. The van der Waals surface area contributed by atoms with Crippen LogP contribution in [0.2, 0.25) is 0 Å². The highest BCUT2D eigenvalue weighted by Crippen LogP contribution is 2.30. The van der Waals surface area contributed by atoms with Crippen LogP contribution in [0.25, 0.3) is 0 Å². The third kappa shape index (κ3) is 5.27. The molecule has 5 rings (SSSR count). The fourth-order valence-corrected chi connectivity index (χ4v) is 6.59. The summed E-state index contributed by atoms with van der Waals surface area (Å²) in [6.45, 7) is 2.08. The molecule has 0 bridgehead atoms. The fourth-order valence-electron chi connectivity index (χ4n) is 4.55. The largest absolute Gasteiger partial charge is 0.321 e. The second-order valence-electron chi connectivity index (χ2n) is 8.62. The fraction of sp³-hybridized carbons (Fsp3) is 0.179. The molecular weight excluding hydrogens is 490 g/mol. The molecule has 2 heterocycles. The number of piperazine rings is 1. The summed E-state index contributed by atoms with van der Waals surface area (Å²) in [7, 11) is -3.63. The molecule has 6 nitrogen and oxygen atoms in total. The Bertz CT molecular complexity index is 1340. The highest BCUT2D eigenvalue weighted by Gasteiger charge is 2.32. The summed E-state index contributed by atoms with van der Waals surface area (Å²) in [6.07, 6.45) is 0. The van der Waals surface area contributed by atoms with Crippen LogP contribution >= 0.6 is 11.3 Å². The van der Waals surface area contributed by atoms with Crippen LogP contribution in [0.15, 0.2) is 107 Å². The first-order chi connectivity index (χ1) is 17.5. The number of sulfonamides is 1. The molecule has 3 aromatic carbocycles. The average molecular weight is 518 g/mol. The topological polar surface area (TPSA) is 69.7 Å². The van der Waals surface area contributed by atoms with Crippen LogP contribution in [0, 0.1) is 0 Å². The molecule has 0 atom stereocenters. The van der Waals surface area contributed by atoms with Gasteiger partial charge in [-0.05, 0) is 46.8 Å². The predicted octanol–water partition coefficient (Wildman–Crippen LogP) is 5.10. The number of nitrogens with zero attached hydrogens (tertiary/aromatic N) is 2. The first-order valence-electron chi connectivity index (χ1n) is 11.8. The Balaban J connectivity index is 1.27. The maximum atomic E-state index is 13.3. The number of hydrogen-bond donors (Lipinski definition) is 1. The molecule has 1 amide bonds. The van der Waals surface area contributed by atoms with Crippen LogP contribution in [0.5, 0.6) is 0 Å². The van der Waals surface area contributed by atoms with E-state index in [1.807, 2.05) is 47.8 Å². The van der Waals surface area contributed by atoms with E-state index in [1.54, 1.807) is 34.6 Å². The van der Waals surface area contributed by atoms with E-state index in [0.29, 0.717) is 36.7 Å². The van der Waals surface area contributed by atoms with Gasteiger partial charge in [-0.15, -0.1) is 11.3 Å². The van der Waals surface area contributed by atoms with E-state index in [0.717, 1.165) is 0 Å². The maximum Gasteiger partial charge on any atom is 0.265 e. The Kier molecular flexibility index (Phi) is 7.29. The third-order valence-corrected chi connectivity index (χ3v) is 9.15. The second-order valence-corrected chi connectivity index (χ2v) is 11.5. The molecule has 36 heavy (non-hydrogen) atoms. The van der Waals surface area contributed by atoms with Gasteiger partial charge in [-0.2, -0.15) is 4.31 Å². The van der Waals surface area contributed by atoms with Crippen LogP contribution in [-0.4, -0.2) is 49.7 Å². The van der Waals surface area contributed by atoms with Gasteiger partial charge in [0, 0.05) is 31.9 Å². The molecule has 0 radical (unpaired) electrons. The van der Waals surface area contributed by atoms with Crippen molar-refractivity contribution < 1.29 is 13.2 Å². The molecule has 1 N–H and O–H groups in total. The van der Waals surface area contributed by atoms with E-state index in [4.69, 9.17) is 0 Å². The summed E-state index contributed by atoms with van der Waals surface area (Å²) in [5, 5.41) is 4.65. The Morgan fingerprint density at radius 2 is 1.33 bits per heavy atom. The molecule has 1 aliphatic heterocycles. The predicted molar refractivity (Wildman–Crippen MR) is 144 cm³/mol. The van der Waals surface area contributed by atoms with Gasteiger partial charge >= 0.3 is 0 Å². The van der Waals surface area contributed by atoms with Gasteiger partial charge in [-0.3, -0.25) is 9.69 Å². The lowest BCUT2D eigenvalue weighted by molar-refractivity contribution is 0.103. The molecule has 1 fully saturated rings. The highest BCUT2D eigenvalue weighted by molar-refractivity contribution is 7.89. The van der Waals surface area contributed by atoms with E-state index in [2.05, 4.69) is 34.5 Å². The number of amides is 1. The van der Waals surface area contributed by atoms with E-state index in [9.17, 15) is 13.2 Å². The zero-order chi connectivity index (χ0) is 25.0. The molecule has 8 heteroatoms. The van der Waals surface area contributed by atoms with Crippen molar-refractivity contribution in [3.05, 3.63) is 118 Å². The number of thiophene rings is 1. The zero-order valence-corrected chi connectivity index (χ0v) is 21.3. The Morgan fingerprint density at radius 3 is 1.86 bits per heavy atom. The standard InChI is InChI=1S/C28H27N3O3S2/c32-28(26-12-7-21-35-26)29-24-13-15-25(16-14-24)36(33,34)31-19-17-30(18-20-31)27(22-8-3-1-4-9-22)23-10-5-2-6-11-23/h1-16,21,27H,17-20H2,(H,29,32). The summed E-state index contributed by atoms with van der Waals surface area (Å²) in [4.78, 5) is 15.4. The van der Waals surface area contributed by atoms with Crippen molar-refractivity contribution in [3.8, 4) is 0 Å². The zero-order valence-electron chi connectivity index (χ0n) is 19.7. The van der Waals surface area contributed by atoms with Crippen LogP contribution in [0.1, 0.15) is 26.8 Å². The first-order valence-corrected chi connectivity index (χ1v) is 14.1. The smallest absolute Gasteiger partial charge is 0.265 e. The number of rotatable bonds is 7. The van der Waals surface area contributed by atoms with E-state index >= 15 is 0 Å².